The normalized spacial score (nSPS) is 13.5. The molecule has 0 aromatic rings. The van der Waals surface area contributed by atoms with Crippen LogP contribution in [0.25, 0.3) is 0 Å². The Morgan fingerprint density at radius 3 is 1.45 bits per heavy atom. The highest BCUT2D eigenvalue weighted by Gasteiger charge is 2.10. The van der Waals surface area contributed by atoms with Gasteiger partial charge < -0.3 is 13.6 Å². The van der Waals surface area contributed by atoms with E-state index in [1.807, 2.05) is 41.9 Å². The molecule has 9 heteroatoms. The highest BCUT2D eigenvalue weighted by molar-refractivity contribution is 7.85. The van der Waals surface area contributed by atoms with E-state index in [1.54, 1.807) is 0 Å². The molecular weight excluding hydrogens is 330 g/mol. The first kappa shape index (κ1) is 24.0. The highest BCUT2D eigenvalue weighted by atomic mass is 32.2. The quantitative estimate of drug-likeness (QED) is 0.494. The Morgan fingerprint density at radius 1 is 0.818 bits per heavy atom. The van der Waals surface area contributed by atoms with Crippen LogP contribution in [0.1, 0.15) is 40.0 Å². The molecule has 0 bridgehead atoms. The van der Waals surface area contributed by atoms with Crippen molar-refractivity contribution < 1.29 is 30.4 Å². The van der Waals surface area contributed by atoms with E-state index in [1.165, 1.54) is 0 Å². The molecule has 0 aromatic carbocycles. The predicted molar refractivity (Wildman–Crippen MR) is 85.3 cm³/mol. The van der Waals surface area contributed by atoms with Crippen LogP contribution in [-0.2, 0) is 20.2 Å². The fourth-order valence-corrected chi connectivity index (χ4v) is 2.48. The zero-order valence-electron chi connectivity index (χ0n) is 14.5. The molecule has 7 nitrogen and oxygen atoms in total. The average molecular weight is 361 g/mol. The van der Waals surface area contributed by atoms with Crippen molar-refractivity contribution in [3.05, 3.63) is 0 Å². The van der Waals surface area contributed by atoms with E-state index in [-0.39, 0.29) is 16.9 Å². The second kappa shape index (κ2) is 9.17. The Bertz CT molecular complexity index is 450. The second-order valence-corrected chi connectivity index (χ2v) is 10.6. The Hall–Kier alpha value is -0.220. The van der Waals surface area contributed by atoms with Crippen LogP contribution in [0.15, 0.2) is 0 Å². The molecule has 0 rings (SSSR count). The van der Waals surface area contributed by atoms with Crippen molar-refractivity contribution in [2.45, 2.75) is 40.0 Å². The van der Waals surface area contributed by atoms with Gasteiger partial charge in [0, 0.05) is 17.9 Å². The van der Waals surface area contributed by atoms with Gasteiger partial charge in [0.2, 0.25) is 0 Å². The van der Waals surface area contributed by atoms with E-state index in [4.69, 9.17) is 0 Å². The number of hydrogen-bond donors (Lipinski definition) is 0. The molecule has 0 aliphatic rings. The van der Waals surface area contributed by atoms with Crippen LogP contribution in [0.2, 0.25) is 0 Å². The molecule has 0 N–H and O–H groups in total. The van der Waals surface area contributed by atoms with Crippen molar-refractivity contribution in [1.82, 2.24) is 0 Å². The van der Waals surface area contributed by atoms with Crippen LogP contribution in [0.3, 0.4) is 0 Å². The van der Waals surface area contributed by atoms with E-state index in [0.29, 0.717) is 23.9 Å². The van der Waals surface area contributed by atoms with Gasteiger partial charge in [-0.1, -0.05) is 20.8 Å². The molecule has 0 amide bonds. The summed E-state index contributed by atoms with van der Waals surface area (Å²) >= 11 is 0. The number of nitrogens with zero attached hydrogens (tertiary/aromatic N) is 1. The van der Waals surface area contributed by atoms with Crippen molar-refractivity contribution in [2.24, 2.45) is 5.41 Å². The molecule has 0 saturated carbocycles. The average Bonchev–Trinajstić information content (AvgIpc) is 2.08. The third-order valence-electron chi connectivity index (χ3n) is 2.54. The summed E-state index contributed by atoms with van der Waals surface area (Å²) in [5, 5.41) is 0. The molecule has 0 aromatic heterocycles. The third-order valence-corrected chi connectivity index (χ3v) is 4.12. The molecule has 0 aliphatic carbocycles. The first-order valence-electron chi connectivity index (χ1n) is 7.09. The van der Waals surface area contributed by atoms with E-state index in [2.05, 4.69) is 0 Å². The Kier molecular flexibility index (Phi) is 10.0. The molecule has 22 heavy (non-hydrogen) atoms. The molecule has 0 aliphatic heterocycles. The molecule has 0 radical (unpaired) electrons. The van der Waals surface area contributed by atoms with E-state index in [9.17, 15) is 25.9 Å². The van der Waals surface area contributed by atoms with Gasteiger partial charge in [0.25, 0.3) is 0 Å². The van der Waals surface area contributed by atoms with Crippen molar-refractivity contribution >= 4 is 20.2 Å². The predicted octanol–water partition coefficient (Wildman–Crippen LogP) is 0.986. The lowest BCUT2D eigenvalue weighted by atomic mass is 9.91. The molecule has 0 unspecified atom stereocenters. The Labute approximate surface area is 135 Å². The first-order valence-corrected chi connectivity index (χ1v) is 10.2. The Balaban J connectivity index is 0. The summed E-state index contributed by atoms with van der Waals surface area (Å²) in [7, 11) is -2.14. The fraction of sp³-hybridized carbons (Fsp3) is 1.00. The lowest BCUT2D eigenvalue weighted by Gasteiger charge is -2.23. The monoisotopic (exact) mass is 360 g/mol. The lowest BCUT2D eigenvalue weighted by Crippen LogP contribution is -2.36. The smallest absolute Gasteiger partial charge is 0.0948 e. The maximum atomic E-state index is 10.2. The molecule has 0 atom stereocenters. The summed E-state index contributed by atoms with van der Waals surface area (Å²) in [6.07, 6.45) is 1.68. The summed E-state index contributed by atoms with van der Waals surface area (Å²) < 4.78 is 61.6. The largest absolute Gasteiger partial charge is 0.748 e. The topological polar surface area (TPSA) is 114 Å². The summed E-state index contributed by atoms with van der Waals surface area (Å²) in [5.74, 6) is -0.479. The number of rotatable bonds is 7. The fourth-order valence-electron chi connectivity index (χ4n) is 1.49. The van der Waals surface area contributed by atoms with Gasteiger partial charge in [0.1, 0.15) is 0 Å². The molecule has 0 spiro atoms. The summed E-state index contributed by atoms with van der Waals surface area (Å²) in [6.45, 7) is 6.76. The minimum Gasteiger partial charge on any atom is -0.748 e. The molecular formula is C13H30NO6S2-. The van der Waals surface area contributed by atoms with Crippen LogP contribution >= 0.6 is 0 Å². The van der Waals surface area contributed by atoms with Gasteiger partial charge in [-0.25, -0.2) is 16.8 Å². The zero-order valence-corrected chi connectivity index (χ0v) is 16.1. The zero-order chi connectivity index (χ0) is 18.2. The van der Waals surface area contributed by atoms with E-state index in [0.717, 1.165) is 6.42 Å². The standard InChI is InChI=1S/C7H16O3S.C6H15NO3S/c2*1-7(2,3)5-4-6-11(8,9)10/h4-6H2,1-3H3,(H,8,9,10);4-6H2,1-3H3/p-1. The van der Waals surface area contributed by atoms with Crippen molar-refractivity contribution in [1.29, 1.82) is 0 Å². The van der Waals surface area contributed by atoms with Crippen molar-refractivity contribution in [3.8, 4) is 0 Å². The number of quaternary nitrogens is 1. The SMILES string of the molecule is CC(C)(C)CCCS(=O)(=O)[O-].C[N+](C)(C)CCCS(=O)(=O)[O-]. The minimum atomic E-state index is -4.01. The van der Waals surface area contributed by atoms with Gasteiger partial charge in [-0.15, -0.1) is 0 Å². The highest BCUT2D eigenvalue weighted by Crippen LogP contribution is 2.20. The third kappa shape index (κ3) is 28.0. The van der Waals surface area contributed by atoms with Gasteiger partial charge in [-0.2, -0.15) is 0 Å². The van der Waals surface area contributed by atoms with E-state index >= 15 is 0 Å². The summed E-state index contributed by atoms with van der Waals surface area (Å²) in [6, 6.07) is 0. The van der Waals surface area contributed by atoms with Gasteiger partial charge in [-0.05, 0) is 18.3 Å². The summed E-state index contributed by atoms with van der Waals surface area (Å²) in [5.41, 5.74) is 0.116. The van der Waals surface area contributed by atoms with Crippen LogP contribution < -0.4 is 0 Å². The molecule has 0 fully saturated rings. The van der Waals surface area contributed by atoms with Crippen LogP contribution in [0.4, 0.5) is 0 Å². The minimum absolute atomic E-state index is 0.116. The van der Waals surface area contributed by atoms with Crippen LogP contribution in [0.5, 0.6) is 0 Å². The second-order valence-electron chi connectivity index (χ2n) is 7.56. The summed E-state index contributed by atoms with van der Waals surface area (Å²) in [4.78, 5) is 0. The number of hydrogen-bond acceptors (Lipinski definition) is 6. The van der Waals surface area contributed by atoms with Gasteiger partial charge in [-0.3, -0.25) is 0 Å². The maximum Gasteiger partial charge on any atom is 0.0948 e. The van der Waals surface area contributed by atoms with Crippen LogP contribution in [0, 0.1) is 5.41 Å². The van der Waals surface area contributed by atoms with Crippen LogP contribution in [-0.4, -0.2) is 69.6 Å². The van der Waals surface area contributed by atoms with E-state index < -0.39 is 20.2 Å². The van der Waals surface area contributed by atoms with Gasteiger partial charge >= 0.3 is 0 Å². The molecule has 0 saturated heterocycles. The maximum absolute atomic E-state index is 10.2. The van der Waals surface area contributed by atoms with Crippen molar-refractivity contribution in [3.63, 3.8) is 0 Å². The molecule has 136 valence electrons. The first-order chi connectivity index (χ1) is 9.41. The Morgan fingerprint density at radius 2 is 1.18 bits per heavy atom. The molecule has 0 heterocycles. The van der Waals surface area contributed by atoms with Gasteiger partial charge in [0.05, 0.1) is 47.9 Å². The van der Waals surface area contributed by atoms with Crippen molar-refractivity contribution in [2.75, 3.05) is 39.2 Å². The lowest BCUT2D eigenvalue weighted by molar-refractivity contribution is -0.870. The van der Waals surface area contributed by atoms with Gasteiger partial charge in [0.15, 0.2) is 0 Å².